The first-order valence-corrected chi connectivity index (χ1v) is 16.3. The monoisotopic (exact) mass is 1030 g/mol. The van der Waals surface area contributed by atoms with Gasteiger partial charge in [-0.15, -0.1) is 0 Å². The zero-order valence-electron chi connectivity index (χ0n) is 32.0. The van der Waals surface area contributed by atoms with Crippen LogP contribution in [0.3, 0.4) is 0 Å². The number of ether oxygens (including phenoxy) is 2. The van der Waals surface area contributed by atoms with Crippen LogP contribution in [0.4, 0.5) is 110 Å². The molecule has 0 aromatic heterocycles. The predicted molar refractivity (Wildman–Crippen MR) is 176 cm³/mol. The maximum Gasteiger partial charge on any atom is 0.384 e. The van der Waals surface area contributed by atoms with Gasteiger partial charge >= 0.3 is 47.5 Å². The average molecular weight is 1030 g/mol. The van der Waals surface area contributed by atoms with Crippen LogP contribution in [0.1, 0.15) is 27.0 Å². The first kappa shape index (κ1) is 59.3. The number of hydrogen-bond acceptors (Lipinski definition) is 5. The van der Waals surface area contributed by atoms with Gasteiger partial charge in [-0.3, -0.25) is 0 Å². The van der Waals surface area contributed by atoms with Gasteiger partial charge in [0, 0.05) is 12.2 Å². The summed E-state index contributed by atoms with van der Waals surface area (Å²) in [6, 6.07) is 0. The van der Waals surface area contributed by atoms with Crippen molar-refractivity contribution in [3.8, 4) is 0 Å². The van der Waals surface area contributed by atoms with E-state index in [1.54, 1.807) is 0 Å². The van der Waals surface area contributed by atoms with Gasteiger partial charge in [0.25, 0.3) is 5.67 Å². The van der Waals surface area contributed by atoms with E-state index in [2.05, 4.69) is 35.8 Å². The number of rotatable bonds is 9. The standard InChI is InChI=1S/C10H5F11O2.C10H5F5O2.C9H4F4O2.C8H3F5/c1-2-4(22)23-3-5(11)6(12,13)8(16,17)10(20,21)9(18,19)7(5,14)15;1-2-5(16)17-3-4-6(11)8(13)10(15)9(14)7(4)12;1-2-3-5(10)7(12)4(9(14)15)8(13)6(3)11;1-2-3-4(9)6(11)8(13)7(12)5(3)10/h2H,1,3H2;2H,1,3H2;2H,1H2,(H,14,15);2H,1H2. The fourth-order valence-corrected chi connectivity index (χ4v) is 4.49. The number of carboxylic acid groups (broad SMARTS) is 1. The van der Waals surface area contributed by atoms with Crippen LogP contribution in [0.25, 0.3) is 12.2 Å². The Morgan fingerprint density at radius 1 is 0.412 bits per heavy atom. The van der Waals surface area contributed by atoms with Crippen LogP contribution >= 0.6 is 0 Å². The highest BCUT2D eigenvalue weighted by atomic mass is 19.4. The molecule has 376 valence electrons. The number of hydrogen-bond donors (Lipinski definition) is 1. The van der Waals surface area contributed by atoms with E-state index in [9.17, 15) is 124 Å². The van der Waals surface area contributed by atoms with Gasteiger partial charge in [-0.1, -0.05) is 38.5 Å². The molecular formula is C37H17F25O6. The lowest BCUT2D eigenvalue weighted by atomic mass is 9.72. The van der Waals surface area contributed by atoms with Gasteiger partial charge in [0.15, 0.2) is 69.8 Å². The van der Waals surface area contributed by atoms with Crippen LogP contribution in [-0.2, 0) is 25.7 Å². The molecule has 0 spiro atoms. The van der Waals surface area contributed by atoms with Crippen molar-refractivity contribution in [2.75, 3.05) is 6.61 Å². The van der Waals surface area contributed by atoms with Crippen LogP contribution in [-0.4, -0.2) is 64.9 Å². The highest BCUT2D eigenvalue weighted by Gasteiger charge is 3.01. The lowest BCUT2D eigenvalue weighted by Crippen LogP contribution is -2.84. The van der Waals surface area contributed by atoms with Crippen LogP contribution < -0.4 is 0 Å². The van der Waals surface area contributed by atoms with E-state index in [0.29, 0.717) is 18.2 Å². The van der Waals surface area contributed by atoms with Gasteiger partial charge in [-0.2, -0.15) is 43.9 Å². The Balaban J connectivity index is 0.000000464. The molecule has 1 saturated carbocycles. The van der Waals surface area contributed by atoms with E-state index in [-0.39, 0.29) is 6.08 Å². The van der Waals surface area contributed by atoms with E-state index >= 15 is 0 Å². The van der Waals surface area contributed by atoms with Crippen molar-refractivity contribution in [3.05, 3.63) is 142 Å². The molecule has 0 heterocycles. The minimum atomic E-state index is -7.29. The number of halogens is 25. The number of benzene rings is 3. The van der Waals surface area contributed by atoms with Crippen LogP contribution in [0.2, 0.25) is 0 Å². The lowest BCUT2D eigenvalue weighted by molar-refractivity contribution is -0.487. The summed E-state index contributed by atoms with van der Waals surface area (Å²) >= 11 is 0. The molecule has 1 aliphatic carbocycles. The molecule has 68 heavy (non-hydrogen) atoms. The summed E-state index contributed by atoms with van der Waals surface area (Å²) in [5.74, 6) is -68.5. The van der Waals surface area contributed by atoms with E-state index in [4.69, 9.17) is 5.11 Å². The molecule has 0 radical (unpaired) electrons. The molecule has 1 N–H and O–H groups in total. The lowest BCUT2D eigenvalue weighted by Gasteiger charge is -2.52. The molecule has 31 heteroatoms. The number of alkyl halides is 11. The zero-order valence-corrected chi connectivity index (χ0v) is 32.0. The number of aromatic carboxylic acids is 1. The van der Waals surface area contributed by atoms with Gasteiger partial charge < -0.3 is 14.6 Å². The third-order valence-electron chi connectivity index (χ3n) is 8.14. The van der Waals surface area contributed by atoms with Crippen molar-refractivity contribution >= 4 is 30.1 Å². The first-order valence-electron chi connectivity index (χ1n) is 16.3. The van der Waals surface area contributed by atoms with Crippen molar-refractivity contribution in [2.45, 2.75) is 41.9 Å². The van der Waals surface area contributed by atoms with Crippen molar-refractivity contribution < 1.29 is 139 Å². The number of carbonyl (C=O) groups excluding carboxylic acids is 2. The molecule has 3 aromatic rings. The third kappa shape index (κ3) is 9.95. The van der Waals surface area contributed by atoms with Gasteiger partial charge in [0.2, 0.25) is 11.6 Å². The molecule has 0 amide bonds. The fraction of sp³-hybridized carbons (Fsp3) is 0.216. The maximum atomic E-state index is 13.9. The Morgan fingerprint density at radius 3 is 0.971 bits per heavy atom. The predicted octanol–water partition coefficient (Wildman–Crippen LogP) is 11.8. The zero-order chi connectivity index (χ0) is 53.8. The van der Waals surface area contributed by atoms with Gasteiger partial charge in [0.05, 0.1) is 16.7 Å². The van der Waals surface area contributed by atoms with Crippen molar-refractivity contribution in [2.24, 2.45) is 0 Å². The quantitative estimate of drug-likeness (QED) is 0.0755. The second kappa shape index (κ2) is 21.1. The van der Waals surface area contributed by atoms with Crippen LogP contribution in [0, 0.1) is 81.4 Å². The van der Waals surface area contributed by atoms with Crippen molar-refractivity contribution in [1.82, 2.24) is 0 Å². The smallest absolute Gasteiger partial charge is 0.384 e. The molecule has 3 aromatic carbocycles. The molecule has 6 nitrogen and oxygen atoms in total. The molecule has 0 atom stereocenters. The molecule has 0 bridgehead atoms. The highest BCUT2D eigenvalue weighted by Crippen LogP contribution is 2.69. The fourth-order valence-electron chi connectivity index (χ4n) is 4.49. The van der Waals surface area contributed by atoms with Crippen molar-refractivity contribution in [3.63, 3.8) is 0 Å². The second-order valence-electron chi connectivity index (χ2n) is 12.1. The minimum absolute atomic E-state index is 0.0767. The molecule has 1 fully saturated rings. The van der Waals surface area contributed by atoms with Gasteiger partial charge in [-0.25, -0.2) is 80.2 Å². The van der Waals surface area contributed by atoms with Gasteiger partial charge in [-0.05, 0) is 0 Å². The van der Waals surface area contributed by atoms with Gasteiger partial charge in [0.1, 0.15) is 18.8 Å². The summed E-state index contributed by atoms with van der Waals surface area (Å²) < 4.78 is 330. The number of carbonyl (C=O) groups is 3. The first-order chi connectivity index (χ1) is 30.8. The molecule has 4 rings (SSSR count). The summed E-state index contributed by atoms with van der Waals surface area (Å²) in [5.41, 5.74) is -11.2. The van der Waals surface area contributed by atoms with E-state index in [1.165, 1.54) is 0 Å². The molecule has 0 aliphatic heterocycles. The number of carboxylic acids is 1. The number of esters is 2. The highest BCUT2D eigenvalue weighted by molar-refractivity contribution is 5.88. The summed E-state index contributed by atoms with van der Waals surface area (Å²) in [4.78, 5) is 31.5. The average Bonchev–Trinajstić information content (AvgIpc) is 3.27. The Kier molecular flexibility index (Phi) is 18.4. The van der Waals surface area contributed by atoms with Crippen LogP contribution in [0.5, 0.6) is 0 Å². The molecule has 1 aliphatic rings. The SMILES string of the molecule is C=CC(=O)OCC1(F)C(F)(F)C(F)(F)C(F)(F)C(F)(F)C1(F)F.C=CC(=O)OCc1c(F)c(F)c(F)c(F)c1F.C=Cc1c(F)c(F)c(C(=O)O)c(F)c1F.C=Cc1c(F)c(F)c(F)c(F)c1F. The Labute approximate surface area is 359 Å². The van der Waals surface area contributed by atoms with Crippen molar-refractivity contribution in [1.29, 1.82) is 0 Å². The summed E-state index contributed by atoms with van der Waals surface area (Å²) in [7, 11) is 0. The summed E-state index contributed by atoms with van der Waals surface area (Å²) in [6.07, 6.45) is 1.89. The van der Waals surface area contributed by atoms with E-state index < -0.39 is 170 Å². The normalized spacial score (nSPS) is 16.4. The minimum Gasteiger partial charge on any atom is -0.477 e. The second-order valence-corrected chi connectivity index (χ2v) is 12.1. The molecule has 0 unspecified atom stereocenters. The molecular weight excluding hydrogens is 1020 g/mol. The third-order valence-corrected chi connectivity index (χ3v) is 8.14. The maximum absolute atomic E-state index is 13.9. The van der Waals surface area contributed by atoms with E-state index in [1.807, 2.05) is 0 Å². The Hall–Kier alpha value is -6.72. The topological polar surface area (TPSA) is 89.9 Å². The summed E-state index contributed by atoms with van der Waals surface area (Å²) in [6.45, 7) is 7.37. The summed E-state index contributed by atoms with van der Waals surface area (Å²) in [5, 5.41) is 8.32. The Morgan fingerprint density at radius 2 is 0.676 bits per heavy atom. The Bertz CT molecular complexity index is 2400. The largest absolute Gasteiger partial charge is 0.477 e. The van der Waals surface area contributed by atoms with E-state index in [0.717, 1.165) is 0 Å². The molecule has 0 saturated heterocycles. The van der Waals surface area contributed by atoms with Crippen LogP contribution in [0.15, 0.2) is 38.5 Å².